The zero-order chi connectivity index (χ0) is 14.2. The Morgan fingerprint density at radius 3 is 2.75 bits per heavy atom. The summed E-state index contributed by atoms with van der Waals surface area (Å²) in [6.45, 7) is 2.73. The summed E-state index contributed by atoms with van der Waals surface area (Å²) in [5.41, 5.74) is 0.964. The summed E-state index contributed by atoms with van der Waals surface area (Å²) in [5.74, 6) is 0. The van der Waals surface area contributed by atoms with Crippen LogP contribution in [0.1, 0.15) is 19.8 Å². The maximum atomic E-state index is 11.5. The van der Waals surface area contributed by atoms with Gasteiger partial charge in [-0.3, -0.25) is 0 Å². The van der Waals surface area contributed by atoms with Gasteiger partial charge < -0.3 is 5.32 Å². The number of hydrogen-bond donors (Lipinski definition) is 1. The molecule has 5 nitrogen and oxygen atoms in total. The molecule has 2 amide bonds. The van der Waals surface area contributed by atoms with Crippen molar-refractivity contribution in [2.24, 2.45) is 4.99 Å². The van der Waals surface area contributed by atoms with Gasteiger partial charge in [-0.1, -0.05) is 31.5 Å². The molecule has 0 aliphatic rings. The second kappa shape index (κ2) is 7.23. The first kappa shape index (κ1) is 14.0. The third-order valence-corrected chi connectivity index (χ3v) is 2.76. The largest absolute Gasteiger partial charge is 0.341 e. The number of unbranched alkanes of at least 4 members (excludes halogenated alkanes) is 1. The fraction of sp³-hybridized carbons (Fsp3) is 0.267. The van der Waals surface area contributed by atoms with Gasteiger partial charge in [-0.2, -0.15) is 10.1 Å². The molecular formula is C15H18N4O. The molecule has 1 aromatic heterocycles. The molecule has 0 saturated carbocycles. The minimum absolute atomic E-state index is 0.322. The molecule has 0 bridgehead atoms. The topological polar surface area (TPSA) is 59.3 Å². The first-order chi connectivity index (χ1) is 9.79. The average molecular weight is 270 g/mol. The number of carbonyl (C=O) groups is 1. The van der Waals surface area contributed by atoms with E-state index >= 15 is 0 Å². The summed E-state index contributed by atoms with van der Waals surface area (Å²) in [6.07, 6.45) is 5.37. The summed E-state index contributed by atoms with van der Waals surface area (Å²) in [7, 11) is 0. The van der Waals surface area contributed by atoms with E-state index in [0.717, 1.165) is 18.5 Å². The number of carbonyl (C=O) groups excluding carboxylic acids is 1. The van der Waals surface area contributed by atoms with E-state index in [4.69, 9.17) is 0 Å². The highest BCUT2D eigenvalue weighted by Gasteiger charge is 1.96. The molecule has 2 aromatic rings. The van der Waals surface area contributed by atoms with E-state index in [1.807, 2.05) is 30.3 Å². The summed E-state index contributed by atoms with van der Waals surface area (Å²) >= 11 is 0. The van der Waals surface area contributed by atoms with Crippen LogP contribution in [0.4, 0.5) is 4.79 Å². The van der Waals surface area contributed by atoms with Crippen LogP contribution >= 0.6 is 0 Å². The normalized spacial score (nSPS) is 11.3. The Balaban J connectivity index is 2.06. The fourth-order valence-electron chi connectivity index (χ4n) is 1.68. The maximum absolute atomic E-state index is 11.5. The second-order valence-electron chi connectivity index (χ2n) is 4.36. The Hall–Kier alpha value is -2.43. The van der Waals surface area contributed by atoms with Gasteiger partial charge in [0.2, 0.25) is 0 Å². The van der Waals surface area contributed by atoms with E-state index in [2.05, 4.69) is 22.3 Å². The van der Waals surface area contributed by atoms with Gasteiger partial charge in [-0.25, -0.2) is 9.48 Å². The predicted octanol–water partition coefficient (Wildman–Crippen LogP) is 2.28. The van der Waals surface area contributed by atoms with E-state index in [0.29, 0.717) is 11.9 Å². The highest BCUT2D eigenvalue weighted by Crippen LogP contribution is 2.02. The Kier molecular flexibility index (Phi) is 5.06. The molecule has 0 aliphatic heterocycles. The van der Waals surface area contributed by atoms with Crippen molar-refractivity contribution in [2.45, 2.75) is 19.8 Å². The molecule has 1 heterocycles. The molecule has 0 saturated heterocycles. The van der Waals surface area contributed by atoms with Crippen LogP contribution in [-0.2, 0) is 0 Å². The Morgan fingerprint density at radius 2 is 2.10 bits per heavy atom. The van der Waals surface area contributed by atoms with E-state index in [1.54, 1.807) is 23.1 Å². The third kappa shape index (κ3) is 4.05. The van der Waals surface area contributed by atoms with Crippen molar-refractivity contribution >= 4 is 6.03 Å². The smallest absolute Gasteiger partial charge is 0.336 e. The number of nitrogens with zero attached hydrogens (tertiary/aromatic N) is 3. The van der Waals surface area contributed by atoms with Crippen molar-refractivity contribution < 1.29 is 4.79 Å². The molecule has 0 fully saturated rings. The van der Waals surface area contributed by atoms with E-state index in [-0.39, 0.29) is 6.03 Å². The molecule has 0 spiro atoms. The monoisotopic (exact) mass is 270 g/mol. The molecule has 0 aliphatic carbocycles. The van der Waals surface area contributed by atoms with Crippen molar-refractivity contribution in [3.63, 3.8) is 0 Å². The van der Waals surface area contributed by atoms with Crippen molar-refractivity contribution in [1.82, 2.24) is 15.1 Å². The highest BCUT2D eigenvalue weighted by atomic mass is 16.2. The van der Waals surface area contributed by atoms with E-state index in [1.165, 1.54) is 0 Å². The number of nitrogens with one attached hydrogen (secondary N) is 1. The summed E-state index contributed by atoms with van der Waals surface area (Å²) in [6, 6.07) is 11.2. The Morgan fingerprint density at radius 1 is 1.30 bits per heavy atom. The SMILES string of the molecule is CCCCNC(=O)N=c1ccn(-c2ccccc2)nc1. The number of aromatic nitrogens is 2. The third-order valence-electron chi connectivity index (χ3n) is 2.76. The molecule has 1 N–H and O–H groups in total. The maximum Gasteiger partial charge on any atom is 0.341 e. The quantitative estimate of drug-likeness (QED) is 0.866. The molecular weight excluding hydrogens is 252 g/mol. The fourth-order valence-corrected chi connectivity index (χ4v) is 1.68. The Labute approximate surface area is 118 Å². The van der Waals surface area contributed by atoms with E-state index < -0.39 is 0 Å². The molecule has 0 radical (unpaired) electrons. The first-order valence-corrected chi connectivity index (χ1v) is 6.72. The van der Waals surface area contributed by atoms with Crippen molar-refractivity contribution in [3.8, 4) is 5.69 Å². The average Bonchev–Trinajstić information content (AvgIpc) is 2.49. The molecule has 2 rings (SSSR count). The summed E-state index contributed by atoms with van der Waals surface area (Å²) in [5, 5.41) is 7.53. The van der Waals surface area contributed by atoms with Crippen LogP contribution in [0.5, 0.6) is 0 Å². The van der Waals surface area contributed by atoms with Crippen LogP contribution in [0.25, 0.3) is 5.69 Å². The lowest BCUT2D eigenvalue weighted by atomic mass is 10.3. The standard InChI is InChI=1S/C15H18N4O/c1-2-3-10-16-15(20)18-13-9-11-19(17-12-13)14-7-5-4-6-8-14/h4-9,11-12H,2-3,10H2,1H3,(H,16,20). The Bertz CT molecular complexity index is 599. The highest BCUT2D eigenvalue weighted by molar-refractivity contribution is 5.74. The van der Waals surface area contributed by atoms with Crippen LogP contribution in [0, 0.1) is 0 Å². The number of rotatable bonds is 4. The predicted molar refractivity (Wildman–Crippen MR) is 77.4 cm³/mol. The number of para-hydroxylation sites is 1. The van der Waals surface area contributed by atoms with Gasteiger partial charge in [0.05, 0.1) is 17.2 Å². The van der Waals surface area contributed by atoms with Crippen LogP contribution in [0.3, 0.4) is 0 Å². The van der Waals surface area contributed by atoms with Crippen molar-refractivity contribution in [2.75, 3.05) is 6.54 Å². The lowest BCUT2D eigenvalue weighted by Gasteiger charge is -2.03. The molecule has 0 unspecified atom stereocenters. The van der Waals surface area contributed by atoms with Crippen LogP contribution in [-0.4, -0.2) is 22.4 Å². The van der Waals surface area contributed by atoms with Gasteiger partial charge >= 0.3 is 6.03 Å². The minimum Gasteiger partial charge on any atom is -0.336 e. The van der Waals surface area contributed by atoms with Crippen LogP contribution < -0.4 is 10.7 Å². The number of amides is 2. The minimum atomic E-state index is -0.322. The van der Waals surface area contributed by atoms with Crippen molar-refractivity contribution in [3.05, 3.63) is 54.1 Å². The molecule has 1 aromatic carbocycles. The van der Waals surface area contributed by atoms with Crippen molar-refractivity contribution in [1.29, 1.82) is 0 Å². The van der Waals surface area contributed by atoms with Gasteiger partial charge in [0.25, 0.3) is 0 Å². The summed E-state index contributed by atoms with van der Waals surface area (Å²) < 4.78 is 1.73. The second-order valence-corrected chi connectivity index (χ2v) is 4.36. The first-order valence-electron chi connectivity index (χ1n) is 6.72. The number of urea groups is 1. The lowest BCUT2D eigenvalue weighted by Crippen LogP contribution is -2.23. The van der Waals surface area contributed by atoms with Gasteiger partial charge in [-0.15, -0.1) is 0 Å². The van der Waals surface area contributed by atoms with E-state index in [9.17, 15) is 4.79 Å². The summed E-state index contributed by atoms with van der Waals surface area (Å²) in [4.78, 5) is 15.5. The molecule has 20 heavy (non-hydrogen) atoms. The zero-order valence-electron chi connectivity index (χ0n) is 11.5. The van der Waals surface area contributed by atoms with Gasteiger partial charge in [0.15, 0.2) is 0 Å². The van der Waals surface area contributed by atoms with Crippen LogP contribution in [0.2, 0.25) is 0 Å². The molecule has 104 valence electrons. The lowest BCUT2D eigenvalue weighted by molar-refractivity contribution is 0.248. The number of hydrogen-bond acceptors (Lipinski definition) is 2. The molecule has 5 heteroatoms. The van der Waals surface area contributed by atoms with Gasteiger partial charge in [0, 0.05) is 12.7 Å². The molecule has 0 atom stereocenters. The number of benzene rings is 1. The zero-order valence-corrected chi connectivity index (χ0v) is 11.5. The van der Waals surface area contributed by atoms with Gasteiger partial charge in [0.1, 0.15) is 0 Å². The van der Waals surface area contributed by atoms with Gasteiger partial charge in [-0.05, 0) is 24.6 Å². The van der Waals surface area contributed by atoms with Crippen LogP contribution in [0.15, 0.2) is 53.8 Å².